The van der Waals surface area contributed by atoms with Crippen molar-refractivity contribution < 1.29 is 8.83 Å². The van der Waals surface area contributed by atoms with Gasteiger partial charge in [-0.25, -0.2) is 4.98 Å². The summed E-state index contributed by atoms with van der Waals surface area (Å²) in [6.45, 7) is 0.714. The maximum atomic E-state index is 6.98. The number of rotatable bonds is 9. The molecule has 5 heterocycles. The Kier molecular flexibility index (Phi) is 9.45. The number of anilines is 5. The minimum atomic E-state index is 0.0603. The van der Waals surface area contributed by atoms with E-state index in [0.29, 0.717) is 12.1 Å². The molecule has 5 aromatic heterocycles. The zero-order valence-corrected chi connectivity index (χ0v) is 39.8. The Morgan fingerprint density at radius 2 is 1.16 bits per heavy atom. The molecule has 0 N–H and O–H groups in total. The van der Waals surface area contributed by atoms with Crippen LogP contribution in [0.5, 0.6) is 0 Å². The van der Waals surface area contributed by atoms with E-state index in [2.05, 4.69) is 250 Å². The Labute approximate surface area is 421 Å². The van der Waals surface area contributed by atoms with Crippen molar-refractivity contribution in [2.24, 2.45) is 0 Å². The third-order valence-corrected chi connectivity index (χ3v) is 15.2. The molecular formula is C66H47N5O2. The molecule has 2 unspecified atom stereocenters. The first-order chi connectivity index (χ1) is 36.2. The molecule has 0 amide bonds. The van der Waals surface area contributed by atoms with Crippen LogP contribution in [-0.2, 0) is 0 Å². The summed E-state index contributed by atoms with van der Waals surface area (Å²) in [6, 6.07) is 71.8. The van der Waals surface area contributed by atoms with Crippen LogP contribution in [0.1, 0.15) is 36.1 Å². The fourth-order valence-electron chi connectivity index (χ4n) is 12.0. The summed E-state index contributed by atoms with van der Waals surface area (Å²) < 4.78 is 18.7. The fourth-order valence-corrected chi connectivity index (χ4v) is 12.0. The molecule has 13 aromatic rings. The van der Waals surface area contributed by atoms with Gasteiger partial charge in [0.2, 0.25) is 0 Å². The van der Waals surface area contributed by atoms with Gasteiger partial charge in [0, 0.05) is 85.4 Å². The minimum Gasteiger partial charge on any atom is -0.458 e. The molecule has 0 saturated heterocycles. The summed E-state index contributed by atoms with van der Waals surface area (Å²) in [5.41, 5.74) is 16.3. The van der Waals surface area contributed by atoms with Crippen LogP contribution >= 0.6 is 0 Å². The third kappa shape index (κ3) is 6.55. The molecule has 2 aliphatic rings. The predicted octanol–water partition coefficient (Wildman–Crippen LogP) is 17.8. The van der Waals surface area contributed by atoms with E-state index in [-0.39, 0.29) is 12.0 Å². The van der Waals surface area contributed by atoms with Crippen LogP contribution in [0.25, 0.3) is 88.5 Å². The molecule has 0 fully saturated rings. The van der Waals surface area contributed by atoms with E-state index in [0.717, 1.165) is 91.2 Å². The van der Waals surface area contributed by atoms with Crippen LogP contribution in [0.2, 0.25) is 0 Å². The SMILES string of the molecule is C1=CCC(n2c3ccccc3c3c(N(CC4CC=Cc5c4oc4cc6oc7cc(N(c8ccccc8)c8cccc9c8c8ccccc8n9-c8ccccc8)ccc7c6nc54)c4ccccc4)cccc32)C=C1. The topological polar surface area (TPSA) is 55.5 Å². The summed E-state index contributed by atoms with van der Waals surface area (Å²) in [4.78, 5) is 10.3. The van der Waals surface area contributed by atoms with E-state index in [4.69, 9.17) is 13.8 Å². The standard InChI is InChI=1S/C66H47N5O2/c1-5-21-44(22-6-1)68(55-34-18-36-57-62(55)49-29-13-15-32-53(49)70(57)46-25-9-3-10-26-46)42-43-20-17-31-52-65-61(73-66(43)52)41-60-64(67-65)51-39-38-48(40-59(51)72-60)69(45-23-7-2-8-24-45)56-35-19-37-58-63(56)50-30-14-16-33-54(50)71(58)47-27-11-4-12-28-47/h1-19,21-25,27-41,43,46H,20,26,42H2. The maximum Gasteiger partial charge on any atom is 0.157 e. The minimum absolute atomic E-state index is 0.0603. The number of allylic oxidation sites excluding steroid dienone is 5. The molecule has 0 saturated carbocycles. The number of hydrogen-bond acceptors (Lipinski definition) is 5. The van der Waals surface area contributed by atoms with Crippen molar-refractivity contribution in [3.63, 3.8) is 0 Å². The van der Waals surface area contributed by atoms with Gasteiger partial charge >= 0.3 is 0 Å². The van der Waals surface area contributed by atoms with Gasteiger partial charge in [0.1, 0.15) is 22.4 Å². The highest BCUT2D eigenvalue weighted by atomic mass is 16.3. The second kappa shape index (κ2) is 16.6. The Morgan fingerprint density at radius 1 is 0.493 bits per heavy atom. The van der Waals surface area contributed by atoms with Crippen LogP contribution in [0.4, 0.5) is 28.4 Å². The Bertz CT molecular complexity index is 4380. The molecule has 7 heteroatoms. The molecule has 73 heavy (non-hydrogen) atoms. The molecule has 7 nitrogen and oxygen atoms in total. The summed E-state index contributed by atoms with van der Waals surface area (Å²) in [5, 5.41) is 5.84. The highest BCUT2D eigenvalue weighted by Gasteiger charge is 2.30. The van der Waals surface area contributed by atoms with Gasteiger partial charge in [-0.05, 0) is 97.8 Å². The summed E-state index contributed by atoms with van der Waals surface area (Å²) in [7, 11) is 0. The van der Waals surface area contributed by atoms with Crippen molar-refractivity contribution in [1.29, 1.82) is 0 Å². The zero-order chi connectivity index (χ0) is 48.0. The quantitative estimate of drug-likeness (QED) is 0.144. The van der Waals surface area contributed by atoms with Crippen molar-refractivity contribution in [3.8, 4) is 5.69 Å². The lowest BCUT2D eigenvalue weighted by Crippen LogP contribution is -2.25. The molecule has 15 rings (SSSR count). The van der Waals surface area contributed by atoms with Crippen molar-refractivity contribution in [2.75, 3.05) is 16.3 Å². The number of furan rings is 2. The summed E-state index contributed by atoms with van der Waals surface area (Å²) >= 11 is 0. The van der Waals surface area contributed by atoms with Gasteiger partial charge in [0.25, 0.3) is 0 Å². The maximum absolute atomic E-state index is 6.98. The third-order valence-electron chi connectivity index (χ3n) is 15.2. The normalized spacial score (nSPS) is 15.5. The van der Waals surface area contributed by atoms with Gasteiger partial charge in [0.15, 0.2) is 11.2 Å². The van der Waals surface area contributed by atoms with Crippen molar-refractivity contribution in [2.45, 2.75) is 24.8 Å². The van der Waals surface area contributed by atoms with Gasteiger partial charge in [0.05, 0.1) is 34.0 Å². The summed E-state index contributed by atoms with van der Waals surface area (Å²) in [6.07, 6.45) is 15.2. The van der Waals surface area contributed by atoms with Gasteiger partial charge < -0.3 is 27.8 Å². The molecule has 0 radical (unpaired) electrons. The first-order valence-corrected chi connectivity index (χ1v) is 25.3. The zero-order valence-electron chi connectivity index (χ0n) is 39.8. The van der Waals surface area contributed by atoms with Crippen molar-refractivity contribution >= 4 is 111 Å². The first kappa shape index (κ1) is 41.5. The lowest BCUT2D eigenvalue weighted by atomic mass is 9.92. The second-order valence-electron chi connectivity index (χ2n) is 19.3. The van der Waals surface area contributed by atoms with Gasteiger partial charge in [-0.15, -0.1) is 0 Å². The molecule has 0 aliphatic heterocycles. The monoisotopic (exact) mass is 941 g/mol. The number of nitrogens with zero attached hydrogens (tertiary/aromatic N) is 5. The molecule has 0 bridgehead atoms. The highest BCUT2D eigenvalue weighted by Crippen LogP contribution is 2.47. The average Bonchev–Trinajstić information content (AvgIpc) is 4.22. The number of fused-ring (bicyclic) bond motifs is 12. The van der Waals surface area contributed by atoms with E-state index < -0.39 is 0 Å². The molecule has 2 atom stereocenters. The molecule has 0 spiro atoms. The number of aromatic nitrogens is 3. The first-order valence-electron chi connectivity index (χ1n) is 25.3. The summed E-state index contributed by atoms with van der Waals surface area (Å²) in [5.74, 6) is 1.02. The van der Waals surface area contributed by atoms with Crippen molar-refractivity contribution in [3.05, 3.63) is 242 Å². The van der Waals surface area contributed by atoms with Gasteiger partial charge in [-0.1, -0.05) is 140 Å². The number of benzene rings is 8. The smallest absolute Gasteiger partial charge is 0.157 e. The molecule has 2 aliphatic carbocycles. The van der Waals surface area contributed by atoms with Gasteiger partial charge in [-0.2, -0.15) is 0 Å². The van der Waals surface area contributed by atoms with E-state index in [1.807, 2.05) is 6.07 Å². The van der Waals surface area contributed by atoms with E-state index in [1.165, 1.54) is 38.3 Å². The lowest BCUT2D eigenvalue weighted by Gasteiger charge is -2.30. The van der Waals surface area contributed by atoms with E-state index in [1.54, 1.807) is 0 Å². The average molecular weight is 942 g/mol. The Hall–Kier alpha value is -9.33. The van der Waals surface area contributed by atoms with E-state index in [9.17, 15) is 0 Å². The molecule has 348 valence electrons. The molecule has 8 aromatic carbocycles. The van der Waals surface area contributed by atoms with Crippen LogP contribution in [0.3, 0.4) is 0 Å². The number of pyridine rings is 1. The molecular weight excluding hydrogens is 895 g/mol. The fraction of sp³-hybridized carbons (Fsp3) is 0.0758. The number of hydrogen-bond donors (Lipinski definition) is 0. The number of para-hydroxylation sites is 5. The van der Waals surface area contributed by atoms with Crippen LogP contribution in [-0.4, -0.2) is 20.7 Å². The Morgan fingerprint density at radius 3 is 1.96 bits per heavy atom. The van der Waals surface area contributed by atoms with Crippen LogP contribution < -0.4 is 9.80 Å². The van der Waals surface area contributed by atoms with Crippen LogP contribution in [0, 0.1) is 0 Å². The Balaban J connectivity index is 0.831. The van der Waals surface area contributed by atoms with E-state index >= 15 is 0 Å². The van der Waals surface area contributed by atoms with Gasteiger partial charge in [-0.3, -0.25) is 0 Å². The van der Waals surface area contributed by atoms with Crippen molar-refractivity contribution in [1.82, 2.24) is 14.1 Å². The predicted molar refractivity (Wildman–Crippen MR) is 302 cm³/mol. The largest absolute Gasteiger partial charge is 0.458 e. The lowest BCUT2D eigenvalue weighted by molar-refractivity contribution is 0.488. The second-order valence-corrected chi connectivity index (χ2v) is 19.3. The van der Waals surface area contributed by atoms with Crippen LogP contribution in [0.15, 0.2) is 239 Å². The highest BCUT2D eigenvalue weighted by molar-refractivity contribution is 6.18.